The van der Waals surface area contributed by atoms with Gasteiger partial charge in [0.25, 0.3) is 0 Å². The number of hydrogen-bond acceptors (Lipinski definition) is 4. The molecular weight excluding hydrogens is 330 g/mol. The number of benzene rings is 1. The van der Waals surface area contributed by atoms with Crippen molar-refractivity contribution >= 4 is 22.4 Å². The topological polar surface area (TPSA) is 54.0 Å². The largest absolute Gasteiger partial charge is 0.317 e. The second-order valence-electron chi connectivity index (χ2n) is 7.22. The molecule has 1 amide bonds. The van der Waals surface area contributed by atoms with Gasteiger partial charge in [-0.15, -0.1) is 11.3 Å². The first-order chi connectivity index (χ1) is 12.0. The van der Waals surface area contributed by atoms with Crippen molar-refractivity contribution in [1.29, 1.82) is 0 Å². The summed E-state index contributed by atoms with van der Waals surface area (Å²) in [5.74, 6) is 0.557. The van der Waals surface area contributed by atoms with Gasteiger partial charge in [-0.1, -0.05) is 31.2 Å². The highest BCUT2D eigenvalue weighted by atomic mass is 32.1. The number of aromatic nitrogens is 1. The summed E-state index contributed by atoms with van der Waals surface area (Å²) >= 11 is 1.61. The molecule has 0 unspecified atom stereocenters. The Hall–Kier alpha value is -1.72. The zero-order chi connectivity index (χ0) is 17.9. The average Bonchev–Trinajstić information content (AvgIpc) is 3.11. The van der Waals surface area contributed by atoms with Gasteiger partial charge >= 0.3 is 0 Å². The van der Waals surface area contributed by atoms with Gasteiger partial charge in [0.2, 0.25) is 5.91 Å². The normalized spacial score (nSPS) is 16.0. The summed E-state index contributed by atoms with van der Waals surface area (Å²) in [5, 5.41) is 7.11. The fourth-order valence-electron chi connectivity index (χ4n) is 3.18. The first-order valence-electron chi connectivity index (χ1n) is 9.08. The molecule has 134 valence electrons. The molecular formula is C20H27N3OS. The Bertz CT molecular complexity index is 715. The summed E-state index contributed by atoms with van der Waals surface area (Å²) in [7, 11) is 0. The van der Waals surface area contributed by atoms with Gasteiger partial charge in [0.1, 0.15) is 0 Å². The first kappa shape index (κ1) is 18.1. The lowest BCUT2D eigenvalue weighted by Gasteiger charge is -2.24. The zero-order valence-corrected chi connectivity index (χ0v) is 16.1. The zero-order valence-electron chi connectivity index (χ0n) is 15.3. The van der Waals surface area contributed by atoms with Crippen LogP contribution < -0.4 is 10.6 Å². The molecule has 2 aromatic rings. The highest BCUT2D eigenvalue weighted by Gasteiger charge is 2.30. The highest BCUT2D eigenvalue weighted by molar-refractivity contribution is 7.15. The van der Waals surface area contributed by atoms with Crippen LogP contribution in [0.3, 0.4) is 0 Å². The summed E-state index contributed by atoms with van der Waals surface area (Å²) in [6.45, 7) is 8.18. The molecule has 5 heteroatoms. The van der Waals surface area contributed by atoms with Crippen LogP contribution in [0.5, 0.6) is 0 Å². The van der Waals surface area contributed by atoms with Crippen LogP contribution in [0.2, 0.25) is 0 Å². The maximum Gasteiger partial charge on any atom is 0.236 e. The van der Waals surface area contributed by atoms with E-state index in [9.17, 15) is 4.79 Å². The molecule has 4 nitrogen and oxygen atoms in total. The quantitative estimate of drug-likeness (QED) is 0.847. The minimum atomic E-state index is -0.590. The Balaban J connectivity index is 1.69. The molecule has 1 aliphatic rings. The molecule has 1 aromatic heterocycles. The Morgan fingerprint density at radius 3 is 2.60 bits per heavy atom. The van der Waals surface area contributed by atoms with E-state index in [-0.39, 0.29) is 5.91 Å². The fraction of sp³-hybridized carbons (Fsp3) is 0.500. The summed E-state index contributed by atoms with van der Waals surface area (Å²) in [5.41, 5.74) is 1.72. The Labute approximate surface area is 154 Å². The van der Waals surface area contributed by atoms with E-state index in [2.05, 4.69) is 46.8 Å². The average molecular weight is 358 g/mol. The lowest BCUT2D eigenvalue weighted by atomic mass is 9.83. The summed E-state index contributed by atoms with van der Waals surface area (Å²) in [6.07, 6.45) is 5.22. The molecule has 0 radical (unpaired) electrons. The number of nitrogens with one attached hydrogen (secondary N) is 2. The lowest BCUT2D eigenvalue weighted by Crippen LogP contribution is -2.34. The van der Waals surface area contributed by atoms with Gasteiger partial charge in [-0.25, -0.2) is 4.98 Å². The van der Waals surface area contributed by atoms with E-state index in [1.54, 1.807) is 11.3 Å². The van der Waals surface area contributed by atoms with Crippen molar-refractivity contribution in [3.05, 3.63) is 46.5 Å². The number of rotatable bonds is 5. The third-order valence-electron chi connectivity index (χ3n) is 5.14. The monoisotopic (exact) mass is 357 g/mol. The second-order valence-corrected chi connectivity index (χ2v) is 8.28. The van der Waals surface area contributed by atoms with Crippen molar-refractivity contribution in [3.8, 4) is 0 Å². The molecule has 0 aliphatic carbocycles. The van der Waals surface area contributed by atoms with Crippen LogP contribution >= 0.6 is 11.3 Å². The van der Waals surface area contributed by atoms with E-state index in [0.717, 1.165) is 37.9 Å². The van der Waals surface area contributed by atoms with E-state index >= 15 is 0 Å². The van der Waals surface area contributed by atoms with Gasteiger partial charge in [0, 0.05) is 11.1 Å². The molecule has 0 spiro atoms. The first-order valence-corrected chi connectivity index (χ1v) is 9.89. The number of carbonyl (C=O) groups excluding carboxylic acids is 1. The van der Waals surface area contributed by atoms with Gasteiger partial charge in [0.05, 0.1) is 5.41 Å². The molecule has 3 rings (SSSR count). The third-order valence-corrected chi connectivity index (χ3v) is 6.21. The van der Waals surface area contributed by atoms with Crippen LogP contribution in [-0.4, -0.2) is 24.0 Å². The van der Waals surface area contributed by atoms with E-state index in [1.165, 1.54) is 10.4 Å². The van der Waals surface area contributed by atoms with Crippen molar-refractivity contribution < 1.29 is 4.79 Å². The summed E-state index contributed by atoms with van der Waals surface area (Å²) < 4.78 is 0. The molecule has 1 aromatic carbocycles. The molecule has 25 heavy (non-hydrogen) atoms. The summed E-state index contributed by atoms with van der Waals surface area (Å²) in [6, 6.07) is 8.31. The minimum absolute atomic E-state index is 0.0111. The third kappa shape index (κ3) is 4.10. The summed E-state index contributed by atoms with van der Waals surface area (Å²) in [4.78, 5) is 18.5. The fourth-order valence-corrected chi connectivity index (χ4v) is 4.16. The van der Waals surface area contributed by atoms with Crippen molar-refractivity contribution in [3.63, 3.8) is 0 Å². The van der Waals surface area contributed by atoms with Crippen molar-refractivity contribution in [1.82, 2.24) is 10.3 Å². The van der Waals surface area contributed by atoms with Gasteiger partial charge in [0.15, 0.2) is 5.13 Å². The van der Waals surface area contributed by atoms with Crippen molar-refractivity contribution in [2.45, 2.75) is 51.4 Å². The molecule has 1 aliphatic heterocycles. The lowest BCUT2D eigenvalue weighted by molar-refractivity contribution is -0.120. The van der Waals surface area contributed by atoms with Gasteiger partial charge in [-0.3, -0.25) is 4.79 Å². The Morgan fingerprint density at radius 2 is 1.96 bits per heavy atom. The SMILES string of the molecule is CCc1ccc(C(C)(C)C(=O)Nc2ncc(C3CCNCC3)s2)cc1. The molecule has 1 saturated heterocycles. The maximum absolute atomic E-state index is 12.8. The van der Waals surface area contributed by atoms with Crippen LogP contribution in [0.15, 0.2) is 30.5 Å². The van der Waals surface area contributed by atoms with Gasteiger partial charge in [-0.05, 0) is 63.2 Å². The molecule has 0 atom stereocenters. The molecule has 2 N–H and O–H groups in total. The van der Waals surface area contributed by atoms with Crippen LogP contribution in [0.25, 0.3) is 0 Å². The standard InChI is InChI=1S/C20H27N3OS/c1-4-14-5-7-16(8-6-14)20(2,3)18(24)23-19-22-13-17(25-19)15-9-11-21-12-10-15/h5-8,13,15,21H,4,9-12H2,1-3H3,(H,22,23,24). The van der Waals surface area contributed by atoms with Crippen molar-refractivity contribution in [2.75, 3.05) is 18.4 Å². The molecule has 2 heterocycles. The number of amides is 1. The number of hydrogen-bond donors (Lipinski definition) is 2. The number of piperidine rings is 1. The van der Waals surface area contributed by atoms with E-state index < -0.39 is 5.41 Å². The Morgan fingerprint density at radius 1 is 1.28 bits per heavy atom. The predicted molar refractivity (Wildman–Crippen MR) is 104 cm³/mol. The number of aryl methyl sites for hydroxylation is 1. The molecule has 0 bridgehead atoms. The second kappa shape index (κ2) is 7.67. The molecule has 0 saturated carbocycles. The van der Waals surface area contributed by atoms with E-state index in [4.69, 9.17) is 0 Å². The van der Waals surface area contributed by atoms with Crippen molar-refractivity contribution in [2.24, 2.45) is 0 Å². The van der Waals surface area contributed by atoms with Crippen LogP contribution in [-0.2, 0) is 16.6 Å². The van der Waals surface area contributed by atoms with Crippen LogP contribution in [0, 0.1) is 0 Å². The maximum atomic E-state index is 12.8. The van der Waals surface area contributed by atoms with E-state index in [0.29, 0.717) is 11.0 Å². The van der Waals surface area contributed by atoms with Crippen LogP contribution in [0.4, 0.5) is 5.13 Å². The number of thiazole rings is 1. The van der Waals surface area contributed by atoms with E-state index in [1.807, 2.05) is 20.0 Å². The predicted octanol–water partition coefficient (Wildman–Crippen LogP) is 4.09. The number of nitrogens with zero attached hydrogens (tertiary/aromatic N) is 1. The molecule has 1 fully saturated rings. The Kier molecular flexibility index (Phi) is 5.54. The number of carbonyl (C=O) groups is 1. The smallest absolute Gasteiger partial charge is 0.236 e. The van der Waals surface area contributed by atoms with Crippen LogP contribution in [0.1, 0.15) is 55.5 Å². The highest BCUT2D eigenvalue weighted by Crippen LogP contribution is 2.33. The number of anilines is 1. The van der Waals surface area contributed by atoms with Gasteiger partial charge in [-0.2, -0.15) is 0 Å². The van der Waals surface area contributed by atoms with Gasteiger partial charge < -0.3 is 10.6 Å². The minimum Gasteiger partial charge on any atom is -0.317 e.